The molecule has 28 heavy (non-hydrogen) atoms. The van der Waals surface area contributed by atoms with E-state index in [1.807, 2.05) is 31.3 Å². The first kappa shape index (κ1) is 20.0. The zero-order valence-electron chi connectivity index (χ0n) is 15.4. The zero-order chi connectivity index (χ0) is 19.9. The van der Waals surface area contributed by atoms with E-state index in [0.29, 0.717) is 27.4 Å². The molecule has 1 aromatic heterocycles. The molecular weight excluding hydrogens is 400 g/mol. The number of anilines is 1. The summed E-state index contributed by atoms with van der Waals surface area (Å²) in [6.07, 6.45) is 0. The number of ether oxygens (including phenoxy) is 2. The van der Waals surface area contributed by atoms with Crippen LogP contribution < -0.4 is 14.8 Å². The Labute approximate surface area is 172 Å². The summed E-state index contributed by atoms with van der Waals surface area (Å²) >= 11 is 7.22. The van der Waals surface area contributed by atoms with Gasteiger partial charge in [-0.1, -0.05) is 29.4 Å². The monoisotopic (exact) mass is 418 g/mol. The number of thioether (sulfide) groups is 1. The first-order valence-corrected chi connectivity index (χ1v) is 9.75. The third-order valence-electron chi connectivity index (χ3n) is 3.79. The van der Waals surface area contributed by atoms with Gasteiger partial charge in [0.15, 0.2) is 11.0 Å². The highest BCUT2D eigenvalue weighted by molar-refractivity contribution is 7.99. The topological polar surface area (TPSA) is 78.3 Å². The number of carbonyl (C=O) groups excluding carboxylic acids is 1. The number of aromatic nitrogens is 3. The average molecular weight is 419 g/mol. The molecular formula is C19H19ClN4O3S. The standard InChI is InChI=1S/C19H19ClN4O3S/c1-24-17(11-27-16-8-6-15(26-2)7-9-16)22-23-19(24)28-12-18(25)21-14-5-3-4-13(20)10-14/h3-10H,11-12H2,1-2H3,(H,21,25). The van der Waals surface area contributed by atoms with Crippen molar-refractivity contribution in [2.45, 2.75) is 11.8 Å². The van der Waals surface area contributed by atoms with Gasteiger partial charge in [-0.15, -0.1) is 10.2 Å². The number of methoxy groups -OCH3 is 1. The molecule has 0 aliphatic rings. The second-order valence-corrected chi connectivity index (χ2v) is 7.15. The lowest BCUT2D eigenvalue weighted by Gasteiger charge is -2.08. The first-order valence-electron chi connectivity index (χ1n) is 8.38. The van der Waals surface area contributed by atoms with Crippen molar-refractivity contribution in [2.75, 3.05) is 18.2 Å². The molecule has 1 heterocycles. The van der Waals surface area contributed by atoms with Gasteiger partial charge in [-0.2, -0.15) is 0 Å². The summed E-state index contributed by atoms with van der Waals surface area (Å²) in [7, 11) is 3.45. The van der Waals surface area contributed by atoms with Gasteiger partial charge in [-0.25, -0.2) is 0 Å². The number of hydrogen-bond donors (Lipinski definition) is 1. The summed E-state index contributed by atoms with van der Waals surface area (Å²) in [6.45, 7) is 0.269. The van der Waals surface area contributed by atoms with Gasteiger partial charge in [0.05, 0.1) is 12.9 Å². The maximum absolute atomic E-state index is 12.1. The van der Waals surface area contributed by atoms with Crippen LogP contribution in [0.2, 0.25) is 5.02 Å². The predicted octanol–water partition coefficient (Wildman–Crippen LogP) is 3.79. The fourth-order valence-corrected chi connectivity index (χ4v) is 3.23. The molecule has 0 spiro atoms. The van der Waals surface area contributed by atoms with E-state index in [1.165, 1.54) is 11.8 Å². The summed E-state index contributed by atoms with van der Waals surface area (Å²) in [5.74, 6) is 2.19. The highest BCUT2D eigenvalue weighted by Crippen LogP contribution is 2.20. The summed E-state index contributed by atoms with van der Waals surface area (Å²) in [4.78, 5) is 12.1. The Bertz CT molecular complexity index is 947. The number of amides is 1. The van der Waals surface area contributed by atoms with Gasteiger partial charge in [0, 0.05) is 17.8 Å². The van der Waals surface area contributed by atoms with Crippen LogP contribution in [0.4, 0.5) is 5.69 Å². The molecule has 0 fully saturated rings. The summed E-state index contributed by atoms with van der Waals surface area (Å²) in [5, 5.41) is 12.3. The minimum Gasteiger partial charge on any atom is -0.497 e. The van der Waals surface area contributed by atoms with E-state index in [2.05, 4.69) is 15.5 Å². The fraction of sp³-hybridized carbons (Fsp3) is 0.211. The van der Waals surface area contributed by atoms with Gasteiger partial charge in [0.25, 0.3) is 0 Å². The smallest absolute Gasteiger partial charge is 0.234 e. The van der Waals surface area contributed by atoms with E-state index in [9.17, 15) is 4.79 Å². The number of nitrogens with zero attached hydrogens (tertiary/aromatic N) is 3. The molecule has 146 valence electrons. The Morgan fingerprint density at radius 2 is 1.93 bits per heavy atom. The summed E-state index contributed by atoms with van der Waals surface area (Å²) < 4.78 is 12.6. The lowest BCUT2D eigenvalue weighted by Crippen LogP contribution is -2.14. The van der Waals surface area contributed by atoms with Gasteiger partial charge in [-0.3, -0.25) is 4.79 Å². The molecule has 0 bridgehead atoms. The summed E-state index contributed by atoms with van der Waals surface area (Å²) in [6, 6.07) is 14.3. The van der Waals surface area contributed by atoms with Crippen LogP contribution in [0.5, 0.6) is 11.5 Å². The van der Waals surface area contributed by atoms with E-state index in [1.54, 1.807) is 35.9 Å². The van der Waals surface area contributed by atoms with Crippen molar-refractivity contribution in [1.29, 1.82) is 0 Å². The molecule has 0 saturated carbocycles. The number of nitrogens with one attached hydrogen (secondary N) is 1. The molecule has 3 aromatic rings. The third kappa shape index (κ3) is 5.40. The Morgan fingerprint density at radius 3 is 2.64 bits per heavy atom. The molecule has 0 saturated heterocycles. The van der Waals surface area contributed by atoms with Crippen molar-refractivity contribution in [2.24, 2.45) is 7.05 Å². The second-order valence-electron chi connectivity index (χ2n) is 5.77. The Morgan fingerprint density at radius 1 is 1.18 bits per heavy atom. The van der Waals surface area contributed by atoms with Gasteiger partial charge in [0.2, 0.25) is 5.91 Å². The predicted molar refractivity (Wildman–Crippen MR) is 109 cm³/mol. The second kappa shape index (κ2) is 9.48. The quantitative estimate of drug-likeness (QED) is 0.561. The molecule has 1 amide bonds. The number of hydrogen-bond acceptors (Lipinski definition) is 6. The molecule has 0 unspecified atom stereocenters. The van der Waals surface area contributed by atoms with Crippen LogP contribution >= 0.6 is 23.4 Å². The zero-order valence-corrected chi connectivity index (χ0v) is 17.0. The number of halogens is 1. The van der Waals surface area contributed by atoms with Crippen LogP contribution in [0.3, 0.4) is 0 Å². The lowest BCUT2D eigenvalue weighted by molar-refractivity contribution is -0.113. The van der Waals surface area contributed by atoms with E-state index in [4.69, 9.17) is 21.1 Å². The first-order chi connectivity index (χ1) is 13.5. The third-order valence-corrected chi connectivity index (χ3v) is 5.05. The van der Waals surface area contributed by atoms with Crippen LogP contribution in [0.1, 0.15) is 5.82 Å². The number of carbonyl (C=O) groups is 1. The van der Waals surface area contributed by atoms with Crippen molar-refractivity contribution < 1.29 is 14.3 Å². The van der Waals surface area contributed by atoms with Crippen molar-refractivity contribution in [3.05, 3.63) is 59.4 Å². The molecule has 9 heteroatoms. The maximum Gasteiger partial charge on any atom is 0.234 e. The van der Waals surface area contributed by atoms with Crippen LogP contribution in [-0.4, -0.2) is 33.5 Å². The van der Waals surface area contributed by atoms with E-state index in [0.717, 1.165) is 5.75 Å². The van der Waals surface area contributed by atoms with Gasteiger partial charge in [0.1, 0.15) is 18.1 Å². The van der Waals surface area contributed by atoms with E-state index in [-0.39, 0.29) is 18.3 Å². The highest BCUT2D eigenvalue weighted by atomic mass is 35.5. The number of rotatable bonds is 8. The SMILES string of the molecule is COc1ccc(OCc2nnc(SCC(=O)Nc3cccc(Cl)c3)n2C)cc1. The normalized spacial score (nSPS) is 10.5. The molecule has 0 radical (unpaired) electrons. The van der Waals surface area contributed by atoms with Gasteiger partial charge < -0.3 is 19.4 Å². The van der Waals surface area contributed by atoms with E-state index < -0.39 is 0 Å². The molecule has 2 aromatic carbocycles. The lowest BCUT2D eigenvalue weighted by atomic mass is 10.3. The van der Waals surface area contributed by atoms with Crippen LogP contribution in [0.15, 0.2) is 53.7 Å². The number of benzene rings is 2. The molecule has 0 aliphatic heterocycles. The average Bonchev–Trinajstić information content (AvgIpc) is 3.05. The van der Waals surface area contributed by atoms with Crippen molar-refractivity contribution in [3.63, 3.8) is 0 Å². The van der Waals surface area contributed by atoms with Gasteiger partial charge >= 0.3 is 0 Å². The van der Waals surface area contributed by atoms with E-state index >= 15 is 0 Å². The minimum atomic E-state index is -0.147. The van der Waals surface area contributed by atoms with Crippen LogP contribution in [0, 0.1) is 0 Å². The van der Waals surface area contributed by atoms with Crippen molar-refractivity contribution in [1.82, 2.24) is 14.8 Å². The Hall–Kier alpha value is -2.71. The Kier molecular flexibility index (Phi) is 6.78. The van der Waals surface area contributed by atoms with Crippen molar-refractivity contribution in [3.8, 4) is 11.5 Å². The van der Waals surface area contributed by atoms with Crippen LogP contribution in [-0.2, 0) is 18.4 Å². The maximum atomic E-state index is 12.1. The van der Waals surface area contributed by atoms with Crippen LogP contribution in [0.25, 0.3) is 0 Å². The minimum absolute atomic E-state index is 0.147. The van der Waals surface area contributed by atoms with Crippen molar-refractivity contribution >= 4 is 35.0 Å². The Balaban J connectivity index is 1.51. The molecule has 0 atom stereocenters. The highest BCUT2D eigenvalue weighted by Gasteiger charge is 2.12. The molecule has 3 rings (SSSR count). The molecule has 7 nitrogen and oxygen atoms in total. The fourth-order valence-electron chi connectivity index (χ4n) is 2.31. The van der Waals surface area contributed by atoms with Gasteiger partial charge in [-0.05, 0) is 42.5 Å². The molecule has 1 N–H and O–H groups in total. The largest absolute Gasteiger partial charge is 0.497 e. The molecule has 0 aliphatic carbocycles. The summed E-state index contributed by atoms with van der Waals surface area (Å²) in [5.41, 5.74) is 0.657.